The fourth-order valence-electron chi connectivity index (χ4n) is 4.39. The Kier molecular flexibility index (Phi) is 17.1. The number of ether oxygens (including phenoxy) is 2. The molecule has 0 unspecified atom stereocenters. The maximum absolute atomic E-state index is 11.9. The molecule has 0 atom stereocenters. The van der Waals surface area contributed by atoms with E-state index in [4.69, 9.17) is 13.7 Å². The topological polar surface area (TPSA) is 137 Å². The Morgan fingerprint density at radius 2 is 1.13 bits per heavy atom. The van der Waals surface area contributed by atoms with Gasteiger partial charge in [-0.1, -0.05) is 72.4 Å². The van der Waals surface area contributed by atoms with Crippen LogP contribution >= 0.6 is 24.4 Å². The third kappa shape index (κ3) is 17.3. The summed E-state index contributed by atoms with van der Waals surface area (Å²) in [6.45, 7) is 5.73. The van der Waals surface area contributed by atoms with Crippen LogP contribution in [0.15, 0.2) is 60.7 Å². The van der Waals surface area contributed by atoms with Crippen LogP contribution in [0, 0.1) is 0 Å². The Hall–Kier alpha value is -3.07. The van der Waals surface area contributed by atoms with Crippen LogP contribution in [0.2, 0.25) is 0 Å². The van der Waals surface area contributed by atoms with Crippen molar-refractivity contribution in [3.05, 3.63) is 71.8 Å². The van der Waals surface area contributed by atoms with Crippen molar-refractivity contribution in [2.24, 2.45) is 0 Å². The number of piperidine rings is 2. The highest BCUT2D eigenvalue weighted by atomic mass is 32.2. The van der Waals surface area contributed by atoms with Crippen LogP contribution in [-0.4, -0.2) is 84.4 Å². The van der Waals surface area contributed by atoms with Gasteiger partial charge in [0.15, 0.2) is 10.2 Å². The minimum absolute atomic E-state index is 0.139. The van der Waals surface area contributed by atoms with E-state index >= 15 is 0 Å². The van der Waals surface area contributed by atoms with Gasteiger partial charge in [-0.05, 0) is 36.8 Å². The highest BCUT2D eigenvalue weighted by molar-refractivity contribution is 8.14. The lowest BCUT2D eigenvalue weighted by Gasteiger charge is -2.30. The van der Waals surface area contributed by atoms with Crippen LogP contribution in [0.4, 0.5) is 9.59 Å². The predicted octanol–water partition coefficient (Wildman–Crippen LogP) is 5.29. The van der Waals surface area contributed by atoms with E-state index in [1.165, 1.54) is 18.7 Å². The number of thioether (sulfide) groups is 1. The van der Waals surface area contributed by atoms with Gasteiger partial charge in [-0.25, -0.2) is 9.59 Å². The molecular weight excluding hydrogens is 641 g/mol. The van der Waals surface area contributed by atoms with E-state index in [1.54, 1.807) is 16.7 Å². The fourth-order valence-corrected chi connectivity index (χ4v) is 6.00. The molecular formula is C31H42N2O9S3. The molecule has 4 rings (SSSR count). The quantitative estimate of drug-likeness (QED) is 0.303. The predicted molar refractivity (Wildman–Crippen MR) is 176 cm³/mol. The minimum atomic E-state index is -3.44. The average Bonchev–Trinajstić information content (AvgIpc) is 2.99. The third-order valence-corrected chi connectivity index (χ3v) is 8.21. The molecule has 0 aliphatic carbocycles. The lowest BCUT2D eigenvalue weighted by molar-refractivity contribution is -0.109. The molecule has 14 heteroatoms. The summed E-state index contributed by atoms with van der Waals surface area (Å²) in [6, 6.07) is 19.1. The molecule has 2 saturated heterocycles. The summed E-state index contributed by atoms with van der Waals surface area (Å²) in [5.41, 5.74) is 1.92. The first-order valence-corrected chi connectivity index (χ1v) is 17.6. The molecule has 2 aliphatic rings. The summed E-state index contributed by atoms with van der Waals surface area (Å²) < 4.78 is 37.6. The van der Waals surface area contributed by atoms with Gasteiger partial charge in [-0.15, -0.1) is 12.6 Å². The molecule has 11 nitrogen and oxygen atoms in total. The van der Waals surface area contributed by atoms with Gasteiger partial charge in [-0.3, -0.25) is 13.8 Å². The van der Waals surface area contributed by atoms with Crippen LogP contribution in [-0.2, 0) is 46.6 Å². The second-order valence-corrected chi connectivity index (χ2v) is 14.1. The zero-order valence-electron chi connectivity index (χ0n) is 25.8. The van der Waals surface area contributed by atoms with Gasteiger partial charge in [0, 0.05) is 45.3 Å². The molecule has 0 bridgehead atoms. The molecule has 2 heterocycles. The third-order valence-electron chi connectivity index (χ3n) is 6.45. The van der Waals surface area contributed by atoms with Crippen molar-refractivity contribution in [3.8, 4) is 0 Å². The monoisotopic (exact) mass is 682 g/mol. The fraction of sp³-hybridized carbons (Fsp3) is 0.484. The van der Waals surface area contributed by atoms with Gasteiger partial charge in [0.25, 0.3) is 10.1 Å². The standard InChI is InChI=1S/C15H19NO3S.C14H19NO5S.C2H4OS/c1-12(17)20-14-7-9-16(10-8-14)15(18)19-11-13-5-3-2-4-6-13;1-21(17,18)20-13-7-9-15(10-8-13)14(16)19-11-12-5-3-2-4-6-12;1-2(3)4/h2-6,14H,7-11H2,1H3;2-6,13H,7-11H2,1H3;1H3,(H,3,4). The Morgan fingerprint density at radius 1 is 0.756 bits per heavy atom. The van der Waals surface area contributed by atoms with Gasteiger partial charge in [-0.2, -0.15) is 8.42 Å². The van der Waals surface area contributed by atoms with E-state index in [1.807, 2.05) is 60.7 Å². The molecule has 2 aromatic carbocycles. The summed E-state index contributed by atoms with van der Waals surface area (Å²) >= 11 is 4.71. The van der Waals surface area contributed by atoms with Crippen LogP contribution in [0.1, 0.15) is 50.7 Å². The highest BCUT2D eigenvalue weighted by Gasteiger charge is 2.27. The van der Waals surface area contributed by atoms with Crippen LogP contribution in [0.5, 0.6) is 0 Å². The van der Waals surface area contributed by atoms with Crippen LogP contribution in [0.3, 0.4) is 0 Å². The second kappa shape index (κ2) is 20.1. The first-order valence-electron chi connectivity index (χ1n) is 14.5. The number of amides is 2. The molecule has 2 amide bonds. The first kappa shape index (κ1) is 38.1. The number of thiol groups is 1. The summed E-state index contributed by atoms with van der Waals surface area (Å²) in [5.74, 6) is 0. The number of carbonyl (C=O) groups is 4. The van der Waals surface area contributed by atoms with Gasteiger partial charge in [0.1, 0.15) is 13.2 Å². The molecule has 45 heavy (non-hydrogen) atoms. The summed E-state index contributed by atoms with van der Waals surface area (Å²) in [5, 5.41) is 0.348. The summed E-state index contributed by atoms with van der Waals surface area (Å²) in [7, 11) is -3.44. The molecule has 2 fully saturated rings. The summed E-state index contributed by atoms with van der Waals surface area (Å²) in [6.07, 6.45) is 2.74. The summed E-state index contributed by atoms with van der Waals surface area (Å²) in [4.78, 5) is 47.5. The number of benzene rings is 2. The van der Waals surface area contributed by atoms with E-state index in [9.17, 15) is 27.6 Å². The minimum Gasteiger partial charge on any atom is -0.445 e. The molecule has 0 spiro atoms. The van der Waals surface area contributed by atoms with E-state index in [-0.39, 0.29) is 35.1 Å². The number of likely N-dealkylation sites (tertiary alicyclic amines) is 2. The smallest absolute Gasteiger partial charge is 0.410 e. The van der Waals surface area contributed by atoms with E-state index in [0.717, 1.165) is 30.2 Å². The normalized spacial score (nSPS) is 15.5. The van der Waals surface area contributed by atoms with Crippen LogP contribution in [0.25, 0.3) is 0 Å². The number of hydrogen-bond acceptors (Lipinski definition) is 10. The maximum atomic E-state index is 11.9. The first-order chi connectivity index (χ1) is 21.3. The number of nitrogens with zero attached hydrogens (tertiary/aromatic N) is 2. The van der Waals surface area contributed by atoms with Crippen molar-refractivity contribution < 1.29 is 41.3 Å². The van der Waals surface area contributed by atoms with Crippen molar-refractivity contribution in [2.45, 2.75) is 64.1 Å². The van der Waals surface area contributed by atoms with Gasteiger partial charge in [0.2, 0.25) is 0 Å². The number of hydrogen-bond donors (Lipinski definition) is 1. The van der Waals surface area contributed by atoms with E-state index in [0.29, 0.717) is 50.9 Å². The van der Waals surface area contributed by atoms with Crippen molar-refractivity contribution in [1.82, 2.24) is 9.80 Å². The van der Waals surface area contributed by atoms with Gasteiger partial charge in [0.05, 0.1) is 12.4 Å². The van der Waals surface area contributed by atoms with Gasteiger partial charge >= 0.3 is 12.2 Å². The van der Waals surface area contributed by atoms with Crippen molar-refractivity contribution in [2.75, 3.05) is 32.4 Å². The van der Waals surface area contributed by atoms with Crippen molar-refractivity contribution >= 4 is 56.9 Å². The molecule has 0 aromatic heterocycles. The second-order valence-electron chi connectivity index (χ2n) is 10.4. The lowest BCUT2D eigenvalue weighted by atomic mass is 10.1. The molecule has 2 aliphatic heterocycles. The van der Waals surface area contributed by atoms with Crippen LogP contribution < -0.4 is 0 Å². The molecule has 2 aromatic rings. The Balaban J connectivity index is 0.000000281. The average molecular weight is 683 g/mol. The molecule has 0 N–H and O–H groups in total. The Labute approximate surface area is 275 Å². The zero-order valence-corrected chi connectivity index (χ0v) is 28.4. The van der Waals surface area contributed by atoms with Crippen molar-refractivity contribution in [1.29, 1.82) is 0 Å². The lowest BCUT2D eigenvalue weighted by Crippen LogP contribution is -2.41. The Morgan fingerprint density at radius 3 is 1.49 bits per heavy atom. The number of carbonyl (C=O) groups excluding carboxylic acids is 4. The molecule has 0 saturated carbocycles. The SMILES string of the molecule is CC(=O)S.CC(=O)SC1CCN(C(=O)OCc2ccccc2)CC1.CS(=O)(=O)OC1CCN(C(=O)OCc2ccccc2)CC1. The van der Waals surface area contributed by atoms with Crippen molar-refractivity contribution in [3.63, 3.8) is 0 Å². The largest absolute Gasteiger partial charge is 0.445 e. The highest BCUT2D eigenvalue weighted by Crippen LogP contribution is 2.24. The van der Waals surface area contributed by atoms with Gasteiger partial charge < -0.3 is 19.3 Å². The van der Waals surface area contributed by atoms with E-state index in [2.05, 4.69) is 12.6 Å². The number of rotatable bonds is 7. The molecule has 248 valence electrons. The molecule has 0 radical (unpaired) electrons. The maximum Gasteiger partial charge on any atom is 0.410 e. The zero-order chi connectivity index (χ0) is 33.2. The van der Waals surface area contributed by atoms with E-state index < -0.39 is 10.1 Å². The Bertz CT molecular complexity index is 1310.